The van der Waals surface area contributed by atoms with Crippen LogP contribution in [-0.4, -0.2) is 42.2 Å². The molecule has 2 aliphatic rings. The van der Waals surface area contributed by atoms with Crippen LogP contribution in [0.2, 0.25) is 0 Å². The summed E-state index contributed by atoms with van der Waals surface area (Å²) < 4.78 is 5.50. The van der Waals surface area contributed by atoms with E-state index in [1.807, 2.05) is 24.4 Å². The Morgan fingerprint density at radius 2 is 1.95 bits per heavy atom. The van der Waals surface area contributed by atoms with E-state index in [0.29, 0.717) is 12.0 Å². The lowest BCUT2D eigenvalue weighted by Crippen LogP contribution is -2.46. The first-order valence-electron chi connectivity index (χ1n) is 8.18. The molecule has 2 fully saturated rings. The van der Waals surface area contributed by atoms with Gasteiger partial charge in [0.1, 0.15) is 5.69 Å². The lowest BCUT2D eigenvalue weighted by atomic mass is 9.83. The van der Waals surface area contributed by atoms with Crippen LogP contribution in [0, 0.1) is 17.8 Å². The molecule has 0 amide bonds. The van der Waals surface area contributed by atoms with Crippen LogP contribution in [0.25, 0.3) is 0 Å². The average molecular weight is 284 g/mol. The van der Waals surface area contributed by atoms with E-state index in [9.17, 15) is 0 Å². The lowest BCUT2D eigenvalue weighted by molar-refractivity contribution is 0.0125. The molecule has 0 aromatic carbocycles. The average Bonchev–Trinajstić information content (AvgIpc) is 2.58. The third kappa shape index (κ3) is 4.06. The normalized spacial score (nSPS) is 22.3. The largest absolute Gasteiger partial charge is 0.379 e. The molecular weight excluding hydrogens is 260 g/mol. The summed E-state index contributed by atoms with van der Waals surface area (Å²) in [7, 11) is 0. The fourth-order valence-electron chi connectivity index (χ4n) is 3.40. The van der Waals surface area contributed by atoms with E-state index in [0.717, 1.165) is 32.0 Å². The molecule has 21 heavy (non-hydrogen) atoms. The van der Waals surface area contributed by atoms with Crippen molar-refractivity contribution in [2.24, 2.45) is 5.92 Å². The Morgan fingerprint density at radius 1 is 1.14 bits per heavy atom. The number of rotatable bonds is 2. The number of nitrogens with zero attached hydrogens (tertiary/aromatic N) is 2. The predicted molar refractivity (Wildman–Crippen MR) is 83.9 cm³/mol. The Kier molecular flexibility index (Phi) is 5.26. The van der Waals surface area contributed by atoms with Crippen LogP contribution in [0.1, 0.15) is 37.8 Å². The van der Waals surface area contributed by atoms with Gasteiger partial charge >= 0.3 is 0 Å². The van der Waals surface area contributed by atoms with Gasteiger partial charge in [-0.2, -0.15) is 0 Å². The summed E-state index contributed by atoms with van der Waals surface area (Å²) in [6.45, 7) is 3.71. The maximum atomic E-state index is 5.50. The molecule has 0 spiro atoms. The van der Waals surface area contributed by atoms with E-state index in [4.69, 9.17) is 4.74 Å². The molecule has 3 heteroatoms. The van der Waals surface area contributed by atoms with Gasteiger partial charge in [0.05, 0.1) is 19.3 Å². The molecule has 1 atom stereocenters. The Morgan fingerprint density at radius 3 is 2.67 bits per heavy atom. The predicted octanol–water partition coefficient (Wildman–Crippen LogP) is 2.71. The van der Waals surface area contributed by atoms with Gasteiger partial charge in [-0.05, 0) is 36.8 Å². The van der Waals surface area contributed by atoms with Crippen LogP contribution in [0.3, 0.4) is 0 Å². The summed E-state index contributed by atoms with van der Waals surface area (Å²) in [4.78, 5) is 6.85. The lowest BCUT2D eigenvalue weighted by Gasteiger charge is -2.37. The smallest absolute Gasteiger partial charge is 0.113 e. The van der Waals surface area contributed by atoms with Gasteiger partial charge in [-0.1, -0.05) is 31.2 Å². The molecule has 0 N–H and O–H groups in total. The number of pyridine rings is 1. The first kappa shape index (κ1) is 14.6. The summed E-state index contributed by atoms with van der Waals surface area (Å²) in [6, 6.07) is 6.30. The third-order valence-corrected chi connectivity index (χ3v) is 4.55. The fourth-order valence-corrected chi connectivity index (χ4v) is 3.40. The highest BCUT2D eigenvalue weighted by atomic mass is 16.5. The Bertz CT molecular complexity index is 461. The highest BCUT2D eigenvalue weighted by Gasteiger charge is 2.28. The van der Waals surface area contributed by atoms with Crippen LogP contribution >= 0.6 is 0 Å². The Labute approximate surface area is 127 Å². The minimum absolute atomic E-state index is 0.371. The Hall–Kier alpha value is -1.37. The van der Waals surface area contributed by atoms with Gasteiger partial charge in [-0.3, -0.25) is 4.90 Å². The van der Waals surface area contributed by atoms with Gasteiger partial charge in [0, 0.05) is 19.3 Å². The quantitative estimate of drug-likeness (QED) is 0.781. The van der Waals surface area contributed by atoms with E-state index < -0.39 is 0 Å². The monoisotopic (exact) mass is 284 g/mol. The van der Waals surface area contributed by atoms with Crippen molar-refractivity contribution in [3.8, 4) is 11.8 Å². The van der Waals surface area contributed by atoms with E-state index in [1.54, 1.807) is 0 Å². The highest BCUT2D eigenvalue weighted by Crippen LogP contribution is 2.29. The SMILES string of the molecule is C(#CC(C1CCCCC1)N1CCOCC1)c1ccccn1. The molecular formula is C18H24N2O. The van der Waals surface area contributed by atoms with Gasteiger partial charge < -0.3 is 4.74 Å². The van der Waals surface area contributed by atoms with Crippen molar-refractivity contribution in [2.45, 2.75) is 38.1 Å². The zero-order valence-corrected chi connectivity index (χ0v) is 12.6. The molecule has 3 rings (SSSR count). The number of morpholine rings is 1. The van der Waals surface area contributed by atoms with Gasteiger partial charge in [0.2, 0.25) is 0 Å². The van der Waals surface area contributed by atoms with Gasteiger partial charge in [-0.15, -0.1) is 0 Å². The molecule has 3 nitrogen and oxygen atoms in total. The van der Waals surface area contributed by atoms with Gasteiger partial charge in [0.15, 0.2) is 0 Å². The van der Waals surface area contributed by atoms with Crippen LogP contribution in [0.15, 0.2) is 24.4 Å². The molecule has 1 aliphatic heterocycles. The zero-order valence-electron chi connectivity index (χ0n) is 12.6. The van der Waals surface area contributed by atoms with Crippen molar-refractivity contribution in [1.29, 1.82) is 0 Å². The van der Waals surface area contributed by atoms with E-state index in [-0.39, 0.29) is 0 Å². The standard InChI is InChI=1S/C18H24N2O/c1-2-6-16(7-3-1)18(20-12-14-21-15-13-20)10-9-17-8-4-5-11-19-17/h4-5,8,11,16,18H,1-3,6-7,12-15H2. The molecule has 1 aromatic rings. The van der Waals surface area contributed by atoms with Gasteiger partial charge in [-0.25, -0.2) is 4.98 Å². The molecule has 1 aromatic heterocycles. The summed E-state index contributed by atoms with van der Waals surface area (Å²) in [5.41, 5.74) is 0.881. The molecule has 2 heterocycles. The minimum Gasteiger partial charge on any atom is -0.379 e. The summed E-state index contributed by atoms with van der Waals surface area (Å²) in [5, 5.41) is 0. The molecule has 1 unspecified atom stereocenters. The van der Waals surface area contributed by atoms with Crippen molar-refractivity contribution < 1.29 is 4.74 Å². The first-order valence-corrected chi connectivity index (χ1v) is 8.18. The Balaban J connectivity index is 1.76. The van der Waals surface area contributed by atoms with Gasteiger partial charge in [0.25, 0.3) is 0 Å². The number of ether oxygens (including phenoxy) is 1. The highest BCUT2D eigenvalue weighted by molar-refractivity contribution is 5.29. The fraction of sp³-hybridized carbons (Fsp3) is 0.611. The van der Waals surface area contributed by atoms with Crippen LogP contribution < -0.4 is 0 Å². The van der Waals surface area contributed by atoms with Crippen molar-refractivity contribution in [2.75, 3.05) is 26.3 Å². The van der Waals surface area contributed by atoms with Crippen LogP contribution in [0.5, 0.6) is 0 Å². The number of aromatic nitrogens is 1. The molecule has 1 saturated heterocycles. The second kappa shape index (κ2) is 7.59. The first-order chi connectivity index (χ1) is 10.4. The molecule has 1 saturated carbocycles. The maximum absolute atomic E-state index is 5.50. The number of hydrogen-bond donors (Lipinski definition) is 0. The van der Waals surface area contributed by atoms with E-state index in [2.05, 4.69) is 21.7 Å². The maximum Gasteiger partial charge on any atom is 0.113 e. The van der Waals surface area contributed by atoms with Crippen molar-refractivity contribution in [3.63, 3.8) is 0 Å². The number of hydrogen-bond acceptors (Lipinski definition) is 3. The van der Waals surface area contributed by atoms with Crippen LogP contribution in [-0.2, 0) is 4.74 Å². The third-order valence-electron chi connectivity index (χ3n) is 4.55. The molecule has 1 aliphatic carbocycles. The minimum atomic E-state index is 0.371. The summed E-state index contributed by atoms with van der Waals surface area (Å²) in [5.74, 6) is 7.54. The second-order valence-electron chi connectivity index (χ2n) is 5.98. The van der Waals surface area contributed by atoms with E-state index >= 15 is 0 Å². The summed E-state index contributed by atoms with van der Waals surface area (Å²) >= 11 is 0. The zero-order chi connectivity index (χ0) is 14.3. The van der Waals surface area contributed by atoms with Crippen molar-refractivity contribution in [3.05, 3.63) is 30.1 Å². The van der Waals surface area contributed by atoms with Crippen molar-refractivity contribution in [1.82, 2.24) is 9.88 Å². The molecule has 0 radical (unpaired) electrons. The van der Waals surface area contributed by atoms with E-state index in [1.165, 1.54) is 32.1 Å². The summed E-state index contributed by atoms with van der Waals surface area (Å²) in [6.07, 6.45) is 8.56. The van der Waals surface area contributed by atoms with Crippen molar-refractivity contribution >= 4 is 0 Å². The van der Waals surface area contributed by atoms with Crippen LogP contribution in [0.4, 0.5) is 0 Å². The molecule has 0 bridgehead atoms. The second-order valence-corrected chi connectivity index (χ2v) is 5.98. The molecule has 112 valence electrons. The topological polar surface area (TPSA) is 25.4 Å².